The molecule has 5 nitrogen and oxygen atoms in total. The van der Waals surface area contributed by atoms with Crippen LogP contribution in [-0.4, -0.2) is 25.2 Å². The van der Waals surface area contributed by atoms with Crippen LogP contribution < -0.4 is 20.5 Å². The van der Waals surface area contributed by atoms with Crippen molar-refractivity contribution in [1.29, 1.82) is 0 Å². The molecule has 0 bridgehead atoms. The van der Waals surface area contributed by atoms with Gasteiger partial charge in [-0.2, -0.15) is 0 Å². The number of carbonyl (C=O) groups excluding carboxylic acids is 1. The SMILES string of the molecule is COc1ccc(CNC(=O)[C@@H](C)N)c(OC2CCCC2)c1. The zero-order valence-electron chi connectivity index (χ0n) is 12.7. The summed E-state index contributed by atoms with van der Waals surface area (Å²) in [5.41, 5.74) is 6.49. The topological polar surface area (TPSA) is 73.6 Å². The zero-order chi connectivity index (χ0) is 15.2. The number of hydrogen-bond acceptors (Lipinski definition) is 4. The van der Waals surface area contributed by atoms with Gasteiger partial charge in [0.1, 0.15) is 11.5 Å². The third-order valence-corrected chi connectivity index (χ3v) is 3.74. The minimum atomic E-state index is -0.512. The number of rotatable bonds is 6. The van der Waals surface area contributed by atoms with E-state index in [9.17, 15) is 4.79 Å². The lowest BCUT2D eigenvalue weighted by molar-refractivity contribution is -0.122. The van der Waals surface area contributed by atoms with Crippen molar-refractivity contribution in [2.75, 3.05) is 7.11 Å². The summed E-state index contributed by atoms with van der Waals surface area (Å²) in [6.07, 6.45) is 4.86. The number of ether oxygens (including phenoxy) is 2. The molecule has 0 aliphatic heterocycles. The van der Waals surface area contributed by atoms with Gasteiger partial charge in [0.25, 0.3) is 0 Å². The van der Waals surface area contributed by atoms with Gasteiger partial charge in [0.2, 0.25) is 5.91 Å². The minimum Gasteiger partial charge on any atom is -0.497 e. The average molecular weight is 292 g/mol. The number of nitrogens with two attached hydrogens (primary N) is 1. The molecular formula is C16H24N2O3. The normalized spacial score (nSPS) is 16.5. The summed E-state index contributed by atoms with van der Waals surface area (Å²) >= 11 is 0. The van der Waals surface area contributed by atoms with Crippen molar-refractivity contribution >= 4 is 5.91 Å². The number of benzene rings is 1. The number of nitrogens with one attached hydrogen (secondary N) is 1. The van der Waals surface area contributed by atoms with E-state index in [-0.39, 0.29) is 12.0 Å². The van der Waals surface area contributed by atoms with Gasteiger partial charge in [-0.05, 0) is 44.7 Å². The smallest absolute Gasteiger partial charge is 0.236 e. The summed E-state index contributed by atoms with van der Waals surface area (Å²) in [5.74, 6) is 1.37. The Morgan fingerprint density at radius 2 is 2.14 bits per heavy atom. The Labute approximate surface area is 125 Å². The van der Waals surface area contributed by atoms with Crippen molar-refractivity contribution in [3.05, 3.63) is 23.8 Å². The Morgan fingerprint density at radius 1 is 1.43 bits per heavy atom. The molecular weight excluding hydrogens is 268 g/mol. The first-order chi connectivity index (χ1) is 10.1. The summed E-state index contributed by atoms with van der Waals surface area (Å²) in [4.78, 5) is 11.6. The number of amides is 1. The van der Waals surface area contributed by atoms with Gasteiger partial charge in [0.05, 0.1) is 19.3 Å². The Hall–Kier alpha value is -1.75. The van der Waals surface area contributed by atoms with Crippen molar-refractivity contribution in [1.82, 2.24) is 5.32 Å². The molecule has 1 saturated carbocycles. The second-order valence-corrected chi connectivity index (χ2v) is 5.50. The second kappa shape index (κ2) is 7.31. The molecule has 21 heavy (non-hydrogen) atoms. The van der Waals surface area contributed by atoms with Gasteiger partial charge >= 0.3 is 0 Å². The zero-order valence-corrected chi connectivity index (χ0v) is 12.7. The van der Waals surface area contributed by atoms with E-state index < -0.39 is 6.04 Å². The minimum absolute atomic E-state index is 0.169. The maximum absolute atomic E-state index is 11.6. The van der Waals surface area contributed by atoms with Crippen molar-refractivity contribution in [3.63, 3.8) is 0 Å². The van der Waals surface area contributed by atoms with E-state index in [1.54, 1.807) is 14.0 Å². The molecule has 1 aromatic carbocycles. The molecule has 3 N–H and O–H groups in total. The van der Waals surface area contributed by atoms with Crippen LogP contribution in [0.1, 0.15) is 38.2 Å². The van der Waals surface area contributed by atoms with Crippen molar-refractivity contribution < 1.29 is 14.3 Å². The van der Waals surface area contributed by atoms with Crippen LogP contribution >= 0.6 is 0 Å². The van der Waals surface area contributed by atoms with Gasteiger partial charge in [-0.25, -0.2) is 0 Å². The van der Waals surface area contributed by atoms with Gasteiger partial charge in [-0.3, -0.25) is 4.79 Å². The summed E-state index contributed by atoms with van der Waals surface area (Å²) in [5, 5.41) is 2.82. The second-order valence-electron chi connectivity index (χ2n) is 5.50. The van der Waals surface area contributed by atoms with Crippen molar-refractivity contribution in [2.45, 2.75) is 51.3 Å². The van der Waals surface area contributed by atoms with Gasteiger partial charge in [-0.15, -0.1) is 0 Å². The first kappa shape index (κ1) is 15.6. The van der Waals surface area contributed by atoms with E-state index >= 15 is 0 Å². The molecule has 1 atom stereocenters. The van der Waals surface area contributed by atoms with E-state index in [0.29, 0.717) is 6.54 Å². The largest absolute Gasteiger partial charge is 0.497 e. The fourth-order valence-electron chi connectivity index (χ4n) is 2.45. The molecule has 0 aromatic heterocycles. The molecule has 1 aliphatic rings. The summed E-state index contributed by atoms with van der Waals surface area (Å²) in [6, 6.07) is 5.16. The third kappa shape index (κ3) is 4.36. The molecule has 0 spiro atoms. The van der Waals surface area contributed by atoms with Crippen molar-refractivity contribution in [2.24, 2.45) is 5.73 Å². The van der Waals surface area contributed by atoms with Crippen LogP contribution in [0.4, 0.5) is 0 Å². The predicted octanol–water partition coefficient (Wildman–Crippen LogP) is 1.98. The van der Waals surface area contributed by atoms with Crippen LogP contribution in [0.3, 0.4) is 0 Å². The summed E-state index contributed by atoms with van der Waals surface area (Å²) in [6.45, 7) is 2.08. The molecule has 0 heterocycles. The maximum Gasteiger partial charge on any atom is 0.236 e. The highest BCUT2D eigenvalue weighted by Crippen LogP contribution is 2.29. The molecule has 0 unspecified atom stereocenters. The van der Waals surface area contributed by atoms with Crippen LogP contribution in [0.15, 0.2) is 18.2 Å². The first-order valence-electron chi connectivity index (χ1n) is 7.47. The lowest BCUT2D eigenvalue weighted by Crippen LogP contribution is -2.37. The summed E-state index contributed by atoms with van der Waals surface area (Å²) < 4.78 is 11.3. The molecule has 0 radical (unpaired) electrons. The fourth-order valence-corrected chi connectivity index (χ4v) is 2.45. The monoisotopic (exact) mass is 292 g/mol. The van der Waals surface area contributed by atoms with Gasteiger partial charge in [-0.1, -0.05) is 0 Å². The van der Waals surface area contributed by atoms with Gasteiger partial charge in [0.15, 0.2) is 0 Å². The Kier molecular flexibility index (Phi) is 5.44. The Balaban J connectivity index is 2.08. The molecule has 116 valence electrons. The highest BCUT2D eigenvalue weighted by atomic mass is 16.5. The lowest BCUT2D eigenvalue weighted by Gasteiger charge is -2.18. The van der Waals surface area contributed by atoms with Crippen LogP contribution in [0.2, 0.25) is 0 Å². The number of methoxy groups -OCH3 is 1. The lowest BCUT2D eigenvalue weighted by atomic mass is 10.1. The highest BCUT2D eigenvalue weighted by Gasteiger charge is 2.18. The van der Waals surface area contributed by atoms with E-state index in [4.69, 9.17) is 15.2 Å². The quantitative estimate of drug-likeness (QED) is 0.841. The molecule has 2 rings (SSSR count). The van der Waals surface area contributed by atoms with Gasteiger partial charge < -0.3 is 20.5 Å². The van der Waals surface area contributed by atoms with E-state index in [0.717, 1.165) is 29.9 Å². The molecule has 0 saturated heterocycles. The van der Waals surface area contributed by atoms with Crippen LogP contribution in [0.25, 0.3) is 0 Å². The molecule has 5 heteroatoms. The fraction of sp³-hybridized carbons (Fsp3) is 0.562. The Bertz CT molecular complexity index is 482. The first-order valence-corrected chi connectivity index (χ1v) is 7.47. The van der Waals surface area contributed by atoms with E-state index in [2.05, 4.69) is 5.32 Å². The van der Waals surface area contributed by atoms with Crippen LogP contribution in [0, 0.1) is 0 Å². The predicted molar refractivity (Wildman–Crippen MR) is 81.4 cm³/mol. The molecule has 1 aliphatic carbocycles. The summed E-state index contributed by atoms with van der Waals surface area (Å²) in [7, 11) is 1.63. The van der Waals surface area contributed by atoms with Crippen molar-refractivity contribution in [3.8, 4) is 11.5 Å². The van der Waals surface area contributed by atoms with E-state index in [1.807, 2.05) is 18.2 Å². The van der Waals surface area contributed by atoms with E-state index in [1.165, 1.54) is 12.8 Å². The third-order valence-electron chi connectivity index (χ3n) is 3.74. The van der Waals surface area contributed by atoms with Crippen LogP contribution in [0.5, 0.6) is 11.5 Å². The average Bonchev–Trinajstić information content (AvgIpc) is 2.98. The van der Waals surface area contributed by atoms with Gasteiger partial charge in [0, 0.05) is 18.2 Å². The molecule has 1 fully saturated rings. The standard InChI is InChI=1S/C16H24N2O3/c1-11(17)16(19)18-10-12-7-8-14(20-2)9-15(12)21-13-5-3-4-6-13/h7-9,11,13H,3-6,10,17H2,1-2H3,(H,18,19)/t11-/m1/s1. The maximum atomic E-state index is 11.6. The Morgan fingerprint density at radius 3 is 2.76 bits per heavy atom. The number of hydrogen-bond donors (Lipinski definition) is 2. The number of carbonyl (C=O) groups is 1. The molecule has 1 aromatic rings. The van der Waals surface area contributed by atoms with Crippen LogP contribution in [-0.2, 0) is 11.3 Å². The molecule has 1 amide bonds. The highest BCUT2D eigenvalue weighted by molar-refractivity contribution is 5.81.